The second-order valence-electron chi connectivity index (χ2n) is 5.65. The number of piperidine rings is 1. The summed E-state index contributed by atoms with van der Waals surface area (Å²) < 4.78 is 0. The van der Waals surface area contributed by atoms with Crippen molar-refractivity contribution in [1.82, 2.24) is 15.1 Å². The molecule has 1 fully saturated rings. The topological polar surface area (TPSA) is 95.2 Å². The molecular formula is C17H18N4O3. The maximum atomic E-state index is 12.8. The Morgan fingerprint density at radius 2 is 1.92 bits per heavy atom. The van der Waals surface area contributed by atoms with Crippen molar-refractivity contribution in [3.63, 3.8) is 0 Å². The number of aromatic nitrogens is 2. The Balaban J connectivity index is 1.88. The summed E-state index contributed by atoms with van der Waals surface area (Å²) in [7, 11) is 0. The first-order valence-electron chi connectivity index (χ1n) is 7.86. The van der Waals surface area contributed by atoms with Gasteiger partial charge in [0.25, 0.3) is 11.5 Å². The van der Waals surface area contributed by atoms with Gasteiger partial charge in [0, 0.05) is 19.0 Å². The summed E-state index contributed by atoms with van der Waals surface area (Å²) in [5.41, 5.74) is 0.397. The maximum Gasteiger partial charge on any atom is 0.264 e. The smallest absolute Gasteiger partial charge is 0.264 e. The molecule has 1 aliphatic rings. The molecule has 0 aliphatic carbocycles. The van der Waals surface area contributed by atoms with Gasteiger partial charge in [-0.3, -0.25) is 14.4 Å². The number of anilines is 1. The lowest BCUT2D eigenvalue weighted by atomic mass is 10.0. The van der Waals surface area contributed by atoms with Crippen LogP contribution in [0.4, 0.5) is 5.82 Å². The van der Waals surface area contributed by atoms with E-state index in [2.05, 4.69) is 15.5 Å². The van der Waals surface area contributed by atoms with Crippen LogP contribution in [0.3, 0.4) is 0 Å². The average molecular weight is 326 g/mol. The van der Waals surface area contributed by atoms with Gasteiger partial charge in [-0.2, -0.15) is 5.10 Å². The first-order valence-corrected chi connectivity index (χ1v) is 7.86. The molecule has 3 rings (SSSR count). The highest BCUT2D eigenvalue weighted by Crippen LogP contribution is 2.26. The van der Waals surface area contributed by atoms with E-state index in [1.165, 1.54) is 12.1 Å². The molecule has 1 saturated heterocycles. The van der Waals surface area contributed by atoms with Crippen LogP contribution >= 0.6 is 0 Å². The number of nitrogens with one attached hydrogen (secondary N) is 2. The van der Waals surface area contributed by atoms with Crippen LogP contribution < -0.4 is 10.9 Å². The lowest BCUT2D eigenvalue weighted by molar-refractivity contribution is -0.141. The van der Waals surface area contributed by atoms with Gasteiger partial charge in [0.15, 0.2) is 5.82 Å². The molecule has 1 aromatic carbocycles. The van der Waals surface area contributed by atoms with Crippen molar-refractivity contribution in [3.8, 4) is 0 Å². The third kappa shape index (κ3) is 3.51. The number of carbonyl (C=O) groups is 2. The van der Waals surface area contributed by atoms with E-state index in [-0.39, 0.29) is 23.2 Å². The summed E-state index contributed by atoms with van der Waals surface area (Å²) >= 11 is 0. The number of amides is 2. The largest absolute Gasteiger partial charge is 0.327 e. The van der Waals surface area contributed by atoms with Crippen LogP contribution in [-0.4, -0.2) is 33.5 Å². The van der Waals surface area contributed by atoms with E-state index >= 15 is 0 Å². The summed E-state index contributed by atoms with van der Waals surface area (Å²) in [5, 5.41) is 8.73. The lowest BCUT2D eigenvalue weighted by Crippen LogP contribution is -2.43. The third-order valence-corrected chi connectivity index (χ3v) is 3.97. The molecule has 1 atom stereocenters. The molecule has 2 aromatic rings. The fraction of sp³-hybridized carbons (Fsp3) is 0.294. The Hall–Kier alpha value is -2.96. The predicted octanol–water partition coefficient (Wildman–Crippen LogP) is 1.46. The Kier molecular flexibility index (Phi) is 4.69. The molecule has 0 saturated carbocycles. The highest BCUT2D eigenvalue weighted by molar-refractivity contribution is 5.97. The van der Waals surface area contributed by atoms with Gasteiger partial charge in [0.1, 0.15) is 6.04 Å². The lowest BCUT2D eigenvalue weighted by Gasteiger charge is -2.33. The Labute approximate surface area is 138 Å². The van der Waals surface area contributed by atoms with Gasteiger partial charge in [-0.25, -0.2) is 5.10 Å². The summed E-state index contributed by atoms with van der Waals surface area (Å²) in [5.74, 6) is -0.138. The minimum absolute atomic E-state index is 0.0281. The van der Waals surface area contributed by atoms with Gasteiger partial charge in [-0.15, -0.1) is 0 Å². The standard InChI is InChI=1S/C17H18N4O3/c22-14-10-9-13(19-20-14)18-17(24)16(12-6-2-1-3-7-12)21-11-5-4-8-15(21)23/h1-3,6-7,9-10,16H,4-5,8,11H2,(H,20,22)(H,18,19,24). The molecule has 0 bridgehead atoms. The first-order chi connectivity index (χ1) is 11.6. The molecule has 0 spiro atoms. The van der Waals surface area contributed by atoms with Crippen molar-refractivity contribution < 1.29 is 9.59 Å². The molecule has 2 N–H and O–H groups in total. The monoisotopic (exact) mass is 326 g/mol. The molecule has 24 heavy (non-hydrogen) atoms. The zero-order chi connectivity index (χ0) is 16.9. The van der Waals surface area contributed by atoms with Crippen molar-refractivity contribution >= 4 is 17.6 Å². The van der Waals surface area contributed by atoms with Gasteiger partial charge in [0.05, 0.1) is 0 Å². The molecule has 1 aliphatic heterocycles. The second-order valence-corrected chi connectivity index (χ2v) is 5.65. The number of aromatic amines is 1. The van der Waals surface area contributed by atoms with Crippen molar-refractivity contribution in [2.45, 2.75) is 25.3 Å². The van der Waals surface area contributed by atoms with E-state index in [0.29, 0.717) is 13.0 Å². The van der Waals surface area contributed by atoms with E-state index in [1.807, 2.05) is 30.3 Å². The molecular weight excluding hydrogens is 308 g/mol. The summed E-state index contributed by atoms with van der Waals surface area (Å²) in [6.45, 7) is 0.546. The molecule has 124 valence electrons. The van der Waals surface area contributed by atoms with E-state index in [0.717, 1.165) is 18.4 Å². The zero-order valence-electron chi connectivity index (χ0n) is 13.1. The van der Waals surface area contributed by atoms with Gasteiger partial charge < -0.3 is 10.2 Å². The number of likely N-dealkylation sites (tertiary alicyclic amines) is 1. The quantitative estimate of drug-likeness (QED) is 0.889. The highest BCUT2D eigenvalue weighted by Gasteiger charge is 2.32. The van der Waals surface area contributed by atoms with Crippen LogP contribution in [0.2, 0.25) is 0 Å². The Bertz CT molecular complexity index is 767. The van der Waals surface area contributed by atoms with E-state index < -0.39 is 6.04 Å². The first kappa shape index (κ1) is 15.9. The summed E-state index contributed by atoms with van der Waals surface area (Å²) in [4.78, 5) is 37.8. The van der Waals surface area contributed by atoms with Crippen molar-refractivity contribution in [3.05, 3.63) is 58.4 Å². The maximum absolute atomic E-state index is 12.8. The number of benzene rings is 1. The van der Waals surface area contributed by atoms with Crippen LogP contribution in [0.15, 0.2) is 47.3 Å². The summed E-state index contributed by atoms with van der Waals surface area (Å²) in [6.07, 6.45) is 2.17. The minimum atomic E-state index is -0.715. The zero-order valence-corrected chi connectivity index (χ0v) is 13.1. The SMILES string of the molecule is O=C(Nc1ccc(=O)[nH]n1)C(c1ccccc1)N1CCCCC1=O. The third-order valence-electron chi connectivity index (χ3n) is 3.97. The molecule has 7 nitrogen and oxygen atoms in total. The van der Waals surface area contributed by atoms with Gasteiger partial charge in [-0.05, 0) is 24.5 Å². The van der Waals surface area contributed by atoms with E-state index in [9.17, 15) is 14.4 Å². The van der Waals surface area contributed by atoms with Gasteiger partial charge >= 0.3 is 0 Å². The molecule has 1 aromatic heterocycles. The minimum Gasteiger partial charge on any atom is -0.327 e. The van der Waals surface area contributed by atoms with Crippen molar-refractivity contribution in [1.29, 1.82) is 0 Å². The van der Waals surface area contributed by atoms with Crippen molar-refractivity contribution in [2.24, 2.45) is 0 Å². The van der Waals surface area contributed by atoms with Gasteiger partial charge in [0.2, 0.25) is 5.91 Å². The molecule has 1 unspecified atom stereocenters. The molecule has 0 radical (unpaired) electrons. The van der Waals surface area contributed by atoms with Crippen LogP contribution in [0.1, 0.15) is 30.9 Å². The van der Waals surface area contributed by atoms with Crippen LogP contribution in [-0.2, 0) is 9.59 Å². The Morgan fingerprint density at radius 1 is 1.12 bits per heavy atom. The Morgan fingerprint density at radius 3 is 2.58 bits per heavy atom. The number of nitrogens with zero attached hydrogens (tertiary/aromatic N) is 2. The van der Waals surface area contributed by atoms with E-state index in [4.69, 9.17) is 0 Å². The van der Waals surface area contributed by atoms with E-state index in [1.54, 1.807) is 4.90 Å². The average Bonchev–Trinajstić information content (AvgIpc) is 2.60. The van der Waals surface area contributed by atoms with Crippen LogP contribution in [0, 0.1) is 0 Å². The molecule has 7 heteroatoms. The number of rotatable bonds is 4. The molecule has 2 amide bonds. The predicted molar refractivity (Wildman–Crippen MR) is 88.2 cm³/mol. The number of hydrogen-bond donors (Lipinski definition) is 2. The fourth-order valence-electron chi connectivity index (χ4n) is 2.82. The van der Waals surface area contributed by atoms with Crippen molar-refractivity contribution in [2.75, 3.05) is 11.9 Å². The van der Waals surface area contributed by atoms with Gasteiger partial charge in [-0.1, -0.05) is 30.3 Å². The fourth-order valence-corrected chi connectivity index (χ4v) is 2.82. The number of carbonyl (C=O) groups excluding carboxylic acids is 2. The van der Waals surface area contributed by atoms with Crippen LogP contribution in [0.25, 0.3) is 0 Å². The normalized spacial score (nSPS) is 15.8. The van der Waals surface area contributed by atoms with Crippen LogP contribution in [0.5, 0.6) is 0 Å². The highest BCUT2D eigenvalue weighted by atomic mass is 16.2. The number of H-pyrrole nitrogens is 1. The number of hydrogen-bond acceptors (Lipinski definition) is 4. The summed E-state index contributed by atoms with van der Waals surface area (Å²) in [6, 6.07) is 11.2. The second kappa shape index (κ2) is 7.08. The molecule has 2 heterocycles.